The number of anilines is 1. The van der Waals surface area contributed by atoms with Crippen molar-refractivity contribution in [1.29, 1.82) is 0 Å². The first-order valence-corrected chi connectivity index (χ1v) is 4.64. The van der Waals surface area contributed by atoms with Gasteiger partial charge in [-0.25, -0.2) is 0 Å². The SMILES string of the molecule is CC1CCc2ccc(N)c(Cl)c21. The molecule has 1 unspecified atom stereocenters. The molecule has 0 bridgehead atoms. The topological polar surface area (TPSA) is 26.0 Å². The lowest BCUT2D eigenvalue weighted by molar-refractivity contribution is 0.747. The van der Waals surface area contributed by atoms with Crippen molar-refractivity contribution in [3.8, 4) is 0 Å². The molecule has 2 rings (SSSR count). The average Bonchev–Trinajstić information content (AvgIpc) is 2.41. The molecule has 1 aromatic carbocycles. The molecule has 0 saturated carbocycles. The Kier molecular flexibility index (Phi) is 1.76. The molecule has 1 atom stereocenters. The highest BCUT2D eigenvalue weighted by molar-refractivity contribution is 6.34. The Morgan fingerprint density at radius 2 is 2.25 bits per heavy atom. The summed E-state index contributed by atoms with van der Waals surface area (Å²) in [6.07, 6.45) is 2.36. The number of rotatable bonds is 0. The van der Waals surface area contributed by atoms with Crippen LogP contribution in [0, 0.1) is 0 Å². The summed E-state index contributed by atoms with van der Waals surface area (Å²) in [7, 11) is 0. The lowest BCUT2D eigenvalue weighted by atomic mass is 10.0. The van der Waals surface area contributed by atoms with Gasteiger partial charge in [0, 0.05) is 0 Å². The molecule has 1 aliphatic rings. The van der Waals surface area contributed by atoms with Gasteiger partial charge < -0.3 is 5.73 Å². The largest absolute Gasteiger partial charge is 0.398 e. The highest BCUT2D eigenvalue weighted by Crippen LogP contribution is 2.39. The molecule has 0 saturated heterocycles. The van der Waals surface area contributed by atoms with E-state index in [1.54, 1.807) is 0 Å². The molecule has 1 aromatic rings. The molecule has 2 heteroatoms. The minimum atomic E-state index is 0.580. The zero-order valence-corrected chi connectivity index (χ0v) is 7.86. The average molecular weight is 182 g/mol. The number of benzene rings is 1. The van der Waals surface area contributed by atoms with Crippen LogP contribution in [0.15, 0.2) is 12.1 Å². The highest BCUT2D eigenvalue weighted by Gasteiger charge is 2.22. The van der Waals surface area contributed by atoms with E-state index in [1.807, 2.05) is 6.07 Å². The third-order valence-electron chi connectivity index (χ3n) is 2.64. The van der Waals surface area contributed by atoms with Gasteiger partial charge in [0.05, 0.1) is 10.7 Å². The van der Waals surface area contributed by atoms with Gasteiger partial charge in [-0.15, -0.1) is 0 Å². The summed E-state index contributed by atoms with van der Waals surface area (Å²) in [5, 5.41) is 0.775. The summed E-state index contributed by atoms with van der Waals surface area (Å²) in [6.45, 7) is 2.21. The fourth-order valence-electron chi connectivity index (χ4n) is 1.92. The van der Waals surface area contributed by atoms with Gasteiger partial charge in [0.2, 0.25) is 0 Å². The van der Waals surface area contributed by atoms with Crippen LogP contribution < -0.4 is 5.73 Å². The highest BCUT2D eigenvalue weighted by atomic mass is 35.5. The Morgan fingerprint density at radius 1 is 1.50 bits per heavy atom. The van der Waals surface area contributed by atoms with Crippen LogP contribution in [0.25, 0.3) is 0 Å². The van der Waals surface area contributed by atoms with Gasteiger partial charge in [-0.2, -0.15) is 0 Å². The maximum atomic E-state index is 6.11. The third kappa shape index (κ3) is 1.00. The van der Waals surface area contributed by atoms with Crippen LogP contribution >= 0.6 is 11.6 Å². The molecule has 1 aliphatic carbocycles. The van der Waals surface area contributed by atoms with E-state index in [-0.39, 0.29) is 0 Å². The van der Waals surface area contributed by atoms with Crippen molar-refractivity contribution in [2.75, 3.05) is 5.73 Å². The van der Waals surface area contributed by atoms with Crippen molar-refractivity contribution >= 4 is 17.3 Å². The van der Waals surface area contributed by atoms with Crippen molar-refractivity contribution < 1.29 is 0 Å². The van der Waals surface area contributed by atoms with E-state index in [1.165, 1.54) is 17.5 Å². The maximum absolute atomic E-state index is 6.11. The van der Waals surface area contributed by atoms with Crippen LogP contribution in [0.3, 0.4) is 0 Å². The maximum Gasteiger partial charge on any atom is 0.0672 e. The molecule has 0 amide bonds. The van der Waals surface area contributed by atoms with Crippen LogP contribution in [-0.4, -0.2) is 0 Å². The molecule has 0 radical (unpaired) electrons. The second-order valence-electron chi connectivity index (χ2n) is 3.48. The smallest absolute Gasteiger partial charge is 0.0672 e. The van der Waals surface area contributed by atoms with E-state index in [4.69, 9.17) is 17.3 Å². The number of aryl methyl sites for hydroxylation is 1. The number of nitrogens with two attached hydrogens (primary N) is 1. The molecule has 0 heterocycles. The summed E-state index contributed by atoms with van der Waals surface area (Å²) < 4.78 is 0. The normalized spacial score (nSPS) is 21.0. The zero-order chi connectivity index (χ0) is 8.72. The monoisotopic (exact) mass is 181 g/mol. The Bertz CT molecular complexity index is 320. The Labute approximate surface area is 77.5 Å². The number of hydrogen-bond acceptors (Lipinski definition) is 1. The molecule has 0 aromatic heterocycles. The first kappa shape index (κ1) is 7.93. The number of nitrogen functional groups attached to an aromatic ring is 1. The van der Waals surface area contributed by atoms with Crippen molar-refractivity contribution in [2.45, 2.75) is 25.7 Å². The van der Waals surface area contributed by atoms with Crippen molar-refractivity contribution in [2.24, 2.45) is 0 Å². The van der Waals surface area contributed by atoms with Crippen molar-refractivity contribution in [3.05, 3.63) is 28.3 Å². The quantitative estimate of drug-likeness (QED) is 0.612. The fourth-order valence-corrected chi connectivity index (χ4v) is 2.29. The minimum absolute atomic E-state index is 0.580. The zero-order valence-electron chi connectivity index (χ0n) is 7.10. The van der Waals surface area contributed by atoms with Gasteiger partial charge in [0.25, 0.3) is 0 Å². The summed E-state index contributed by atoms with van der Waals surface area (Å²) >= 11 is 6.11. The molecule has 64 valence electrons. The van der Waals surface area contributed by atoms with Gasteiger partial charge >= 0.3 is 0 Å². The summed E-state index contributed by atoms with van der Waals surface area (Å²) in [5.74, 6) is 0.580. The molecular weight excluding hydrogens is 170 g/mol. The van der Waals surface area contributed by atoms with Gasteiger partial charge in [-0.3, -0.25) is 0 Å². The summed E-state index contributed by atoms with van der Waals surface area (Å²) in [5.41, 5.74) is 9.09. The third-order valence-corrected chi connectivity index (χ3v) is 3.06. The minimum Gasteiger partial charge on any atom is -0.398 e. The Hall–Kier alpha value is -0.690. The molecular formula is C10H12ClN. The van der Waals surface area contributed by atoms with E-state index in [0.717, 1.165) is 11.4 Å². The molecule has 12 heavy (non-hydrogen) atoms. The van der Waals surface area contributed by atoms with E-state index in [9.17, 15) is 0 Å². The Morgan fingerprint density at radius 3 is 3.00 bits per heavy atom. The summed E-state index contributed by atoms with van der Waals surface area (Å²) in [6, 6.07) is 4.00. The van der Waals surface area contributed by atoms with Crippen LogP contribution in [0.1, 0.15) is 30.4 Å². The van der Waals surface area contributed by atoms with Crippen molar-refractivity contribution in [1.82, 2.24) is 0 Å². The van der Waals surface area contributed by atoms with Crippen LogP contribution in [-0.2, 0) is 6.42 Å². The first-order chi connectivity index (χ1) is 5.70. The molecule has 0 fully saturated rings. The predicted octanol–water partition coefficient (Wildman–Crippen LogP) is 2.97. The molecule has 0 aliphatic heterocycles. The Balaban J connectivity index is 2.63. The van der Waals surface area contributed by atoms with E-state index >= 15 is 0 Å². The van der Waals surface area contributed by atoms with E-state index in [2.05, 4.69) is 13.0 Å². The molecule has 0 spiro atoms. The second kappa shape index (κ2) is 2.67. The standard InChI is InChI=1S/C10H12ClN/c1-6-2-3-7-4-5-8(12)10(11)9(6)7/h4-6H,2-3,12H2,1H3. The van der Waals surface area contributed by atoms with Gasteiger partial charge in [-0.05, 0) is 36.0 Å². The lowest BCUT2D eigenvalue weighted by Gasteiger charge is -2.08. The molecule has 1 nitrogen and oxygen atoms in total. The fraction of sp³-hybridized carbons (Fsp3) is 0.400. The number of halogens is 1. The predicted molar refractivity (Wildman–Crippen MR) is 52.6 cm³/mol. The lowest BCUT2D eigenvalue weighted by Crippen LogP contribution is -1.93. The first-order valence-electron chi connectivity index (χ1n) is 4.27. The van der Waals surface area contributed by atoms with Crippen molar-refractivity contribution in [3.63, 3.8) is 0 Å². The van der Waals surface area contributed by atoms with Crippen LogP contribution in [0.4, 0.5) is 5.69 Å². The number of hydrogen-bond donors (Lipinski definition) is 1. The van der Waals surface area contributed by atoms with Crippen LogP contribution in [0.5, 0.6) is 0 Å². The van der Waals surface area contributed by atoms with Gasteiger partial charge in [-0.1, -0.05) is 24.6 Å². The van der Waals surface area contributed by atoms with Crippen LogP contribution in [0.2, 0.25) is 5.02 Å². The number of fused-ring (bicyclic) bond motifs is 1. The van der Waals surface area contributed by atoms with E-state index < -0.39 is 0 Å². The second-order valence-corrected chi connectivity index (χ2v) is 3.86. The van der Waals surface area contributed by atoms with E-state index in [0.29, 0.717) is 11.6 Å². The molecule has 2 N–H and O–H groups in total. The summed E-state index contributed by atoms with van der Waals surface area (Å²) in [4.78, 5) is 0. The van der Waals surface area contributed by atoms with Gasteiger partial charge in [0.1, 0.15) is 0 Å². The van der Waals surface area contributed by atoms with Gasteiger partial charge in [0.15, 0.2) is 0 Å².